The van der Waals surface area contributed by atoms with E-state index in [0.717, 1.165) is 18.2 Å². The Bertz CT molecular complexity index is 850. The van der Waals surface area contributed by atoms with Gasteiger partial charge in [0.05, 0.1) is 29.1 Å². The van der Waals surface area contributed by atoms with Gasteiger partial charge >= 0.3 is 11.8 Å². The van der Waals surface area contributed by atoms with Crippen LogP contribution in [0.5, 0.6) is 5.75 Å². The van der Waals surface area contributed by atoms with Gasteiger partial charge in [-0.3, -0.25) is 15.0 Å². The molecule has 0 spiro atoms. The second kappa shape index (κ2) is 8.29. The number of benzene rings is 1. The number of rotatable bonds is 5. The van der Waals surface area contributed by atoms with E-state index in [1.165, 1.54) is 4.90 Å². The van der Waals surface area contributed by atoms with Crippen LogP contribution >= 0.6 is 0 Å². The minimum Gasteiger partial charge on any atom is -0.485 e. The average Bonchev–Trinajstić information content (AvgIpc) is 2.57. The Balaban J connectivity index is 2.17. The molecular formula is C16H23N3O8S. The predicted octanol–water partition coefficient (Wildman–Crippen LogP) is 1.26. The van der Waals surface area contributed by atoms with Crippen LogP contribution < -0.4 is 9.88 Å². The summed E-state index contributed by atoms with van der Waals surface area (Å²) in [5.41, 5.74) is -1.23. The van der Waals surface area contributed by atoms with Crippen molar-refractivity contribution in [2.45, 2.75) is 37.3 Å². The summed E-state index contributed by atoms with van der Waals surface area (Å²) < 4.78 is 39.0. The molecule has 1 atom stereocenters. The summed E-state index contributed by atoms with van der Waals surface area (Å²) in [6.07, 6.45) is -0.538. The summed E-state index contributed by atoms with van der Waals surface area (Å²) in [5, 5.41) is 16.3. The third kappa shape index (κ3) is 5.78. The number of carbonyl (C=O) groups excluding carboxylic acids is 1. The largest absolute Gasteiger partial charge is 0.485 e. The summed E-state index contributed by atoms with van der Waals surface area (Å²) in [7, 11) is -4.10. The van der Waals surface area contributed by atoms with Gasteiger partial charge in [0.1, 0.15) is 12.2 Å². The average molecular weight is 417 g/mol. The molecule has 0 aromatic heterocycles. The number of nitro groups is 1. The Morgan fingerprint density at radius 3 is 2.68 bits per heavy atom. The standard InChI is InChI=1S/C16H23N3O8S/c1-16(2,3)27-15(20)18-6-7-25-9-11(18)10-26-14-5-4-12(28(17,23)24)8-13(14)19(21)22/h4-5,8,11H,6-7,9-10H2,1-3H3,(H2,17,23,24)/t11-/m0/s1. The number of nitrogens with two attached hydrogens (primary N) is 1. The highest BCUT2D eigenvalue weighted by Gasteiger charge is 2.32. The van der Waals surface area contributed by atoms with E-state index in [1.54, 1.807) is 20.8 Å². The lowest BCUT2D eigenvalue weighted by Gasteiger charge is -2.36. The molecule has 1 aliphatic rings. The number of nitro benzene ring substituents is 1. The van der Waals surface area contributed by atoms with E-state index in [1.807, 2.05) is 0 Å². The first kappa shape index (κ1) is 21.9. The number of ether oxygens (including phenoxy) is 3. The number of amides is 1. The van der Waals surface area contributed by atoms with Gasteiger partial charge in [-0.2, -0.15) is 0 Å². The lowest BCUT2D eigenvalue weighted by molar-refractivity contribution is -0.386. The monoisotopic (exact) mass is 417 g/mol. The second-order valence-electron chi connectivity index (χ2n) is 7.15. The van der Waals surface area contributed by atoms with E-state index >= 15 is 0 Å². The Morgan fingerprint density at radius 1 is 1.43 bits per heavy atom. The van der Waals surface area contributed by atoms with Crippen molar-refractivity contribution in [1.29, 1.82) is 0 Å². The molecule has 1 aromatic carbocycles. The maximum atomic E-state index is 12.4. The van der Waals surface area contributed by atoms with Crippen molar-refractivity contribution in [2.24, 2.45) is 5.14 Å². The van der Waals surface area contributed by atoms with Crippen molar-refractivity contribution < 1.29 is 32.3 Å². The number of morpholine rings is 1. The van der Waals surface area contributed by atoms with Crippen molar-refractivity contribution in [3.8, 4) is 5.75 Å². The molecule has 1 saturated heterocycles. The molecule has 0 aliphatic carbocycles. The molecule has 1 amide bonds. The SMILES string of the molecule is CC(C)(C)OC(=O)N1CCOC[C@H]1COc1ccc(S(N)(=O)=O)cc1[N+](=O)[O-]. The van der Waals surface area contributed by atoms with Crippen LogP contribution in [0.4, 0.5) is 10.5 Å². The minimum atomic E-state index is -4.10. The molecular weight excluding hydrogens is 394 g/mol. The summed E-state index contributed by atoms with van der Waals surface area (Å²) in [4.78, 5) is 23.9. The van der Waals surface area contributed by atoms with Crippen LogP contribution in [0.2, 0.25) is 0 Å². The molecule has 28 heavy (non-hydrogen) atoms. The van der Waals surface area contributed by atoms with Gasteiger partial charge in [0.15, 0.2) is 5.75 Å². The second-order valence-corrected chi connectivity index (χ2v) is 8.71. The van der Waals surface area contributed by atoms with Crippen molar-refractivity contribution in [2.75, 3.05) is 26.4 Å². The molecule has 1 heterocycles. The number of carbonyl (C=O) groups is 1. The highest BCUT2D eigenvalue weighted by atomic mass is 32.2. The van der Waals surface area contributed by atoms with E-state index in [0.29, 0.717) is 6.61 Å². The van der Waals surface area contributed by atoms with E-state index in [2.05, 4.69) is 0 Å². The fraction of sp³-hybridized carbons (Fsp3) is 0.562. The molecule has 0 saturated carbocycles. The first-order valence-corrected chi connectivity index (χ1v) is 9.94. The molecule has 12 heteroatoms. The van der Waals surface area contributed by atoms with Gasteiger partial charge in [-0.25, -0.2) is 18.4 Å². The molecule has 0 unspecified atom stereocenters. The van der Waals surface area contributed by atoms with E-state index in [9.17, 15) is 23.3 Å². The molecule has 1 fully saturated rings. The van der Waals surface area contributed by atoms with Gasteiger partial charge in [-0.1, -0.05) is 0 Å². The first-order valence-electron chi connectivity index (χ1n) is 8.40. The van der Waals surface area contributed by atoms with E-state index < -0.39 is 43.3 Å². The molecule has 156 valence electrons. The van der Waals surface area contributed by atoms with Crippen LogP contribution in [0.15, 0.2) is 23.1 Å². The van der Waals surface area contributed by atoms with Gasteiger partial charge in [-0.05, 0) is 32.9 Å². The van der Waals surface area contributed by atoms with Crippen LogP contribution in [0, 0.1) is 10.1 Å². The minimum absolute atomic E-state index is 0.102. The first-order chi connectivity index (χ1) is 12.9. The topological polar surface area (TPSA) is 151 Å². The smallest absolute Gasteiger partial charge is 0.410 e. The van der Waals surface area contributed by atoms with Crippen LogP contribution in [0.3, 0.4) is 0 Å². The van der Waals surface area contributed by atoms with Gasteiger partial charge in [-0.15, -0.1) is 0 Å². The number of hydrogen-bond acceptors (Lipinski definition) is 8. The summed E-state index contributed by atoms with van der Waals surface area (Å²) in [5.74, 6) is -0.146. The zero-order valence-corrected chi connectivity index (χ0v) is 16.6. The molecule has 0 bridgehead atoms. The third-order valence-corrected chi connectivity index (χ3v) is 4.65. The Hall–Kier alpha value is -2.44. The Morgan fingerprint density at radius 2 is 2.11 bits per heavy atom. The zero-order valence-electron chi connectivity index (χ0n) is 15.8. The predicted molar refractivity (Wildman–Crippen MR) is 97.5 cm³/mol. The Labute approximate surface area is 162 Å². The van der Waals surface area contributed by atoms with Crippen LogP contribution in [-0.2, 0) is 19.5 Å². The van der Waals surface area contributed by atoms with Gasteiger partial charge < -0.3 is 14.2 Å². The highest BCUT2D eigenvalue weighted by Crippen LogP contribution is 2.30. The molecule has 11 nitrogen and oxygen atoms in total. The lowest BCUT2D eigenvalue weighted by atomic mass is 10.2. The fourth-order valence-corrected chi connectivity index (χ4v) is 3.01. The lowest BCUT2D eigenvalue weighted by Crippen LogP contribution is -2.52. The van der Waals surface area contributed by atoms with Crippen molar-refractivity contribution in [3.63, 3.8) is 0 Å². The molecule has 0 radical (unpaired) electrons. The maximum Gasteiger partial charge on any atom is 0.410 e. The van der Waals surface area contributed by atoms with Crippen molar-refractivity contribution >= 4 is 21.8 Å². The van der Waals surface area contributed by atoms with Crippen molar-refractivity contribution in [3.05, 3.63) is 28.3 Å². The highest BCUT2D eigenvalue weighted by molar-refractivity contribution is 7.89. The third-order valence-electron chi connectivity index (χ3n) is 3.74. The van der Waals surface area contributed by atoms with Crippen LogP contribution in [0.25, 0.3) is 0 Å². The molecule has 2 rings (SSSR count). The quantitative estimate of drug-likeness (QED) is 0.555. The Kier molecular flexibility index (Phi) is 6.47. The van der Waals surface area contributed by atoms with E-state index in [-0.39, 0.29) is 25.5 Å². The van der Waals surface area contributed by atoms with Gasteiger partial charge in [0.2, 0.25) is 10.0 Å². The van der Waals surface area contributed by atoms with Gasteiger partial charge in [0, 0.05) is 12.6 Å². The normalized spacial score (nSPS) is 17.9. The molecule has 1 aromatic rings. The fourth-order valence-electron chi connectivity index (χ4n) is 2.48. The molecule has 2 N–H and O–H groups in total. The number of nitrogens with zero attached hydrogens (tertiary/aromatic N) is 2. The maximum absolute atomic E-state index is 12.4. The number of sulfonamides is 1. The van der Waals surface area contributed by atoms with Crippen LogP contribution in [0.1, 0.15) is 20.8 Å². The number of hydrogen-bond donors (Lipinski definition) is 1. The number of primary sulfonamides is 1. The van der Waals surface area contributed by atoms with E-state index in [4.69, 9.17) is 19.3 Å². The summed E-state index contributed by atoms with van der Waals surface area (Å²) in [6.45, 7) is 5.92. The molecule has 1 aliphatic heterocycles. The van der Waals surface area contributed by atoms with Crippen LogP contribution in [-0.4, -0.2) is 62.3 Å². The summed E-state index contributed by atoms with van der Waals surface area (Å²) in [6, 6.07) is 2.56. The van der Waals surface area contributed by atoms with Crippen molar-refractivity contribution in [1.82, 2.24) is 4.90 Å². The zero-order chi connectivity index (χ0) is 21.1. The summed E-state index contributed by atoms with van der Waals surface area (Å²) >= 11 is 0. The van der Waals surface area contributed by atoms with Gasteiger partial charge in [0.25, 0.3) is 0 Å².